The topological polar surface area (TPSA) is 59.3 Å². The third-order valence-corrected chi connectivity index (χ3v) is 2.15. The van der Waals surface area contributed by atoms with Crippen molar-refractivity contribution in [2.45, 2.75) is 13.3 Å². The van der Waals surface area contributed by atoms with Crippen LogP contribution < -0.4 is 4.74 Å². The molecule has 0 amide bonds. The first-order chi connectivity index (χ1) is 8.30. The lowest BCUT2D eigenvalue weighted by molar-refractivity contribution is -0.274. The summed E-state index contributed by atoms with van der Waals surface area (Å²) in [7, 11) is 1.07. The molecule has 0 aliphatic heterocycles. The molecule has 18 heavy (non-hydrogen) atoms. The van der Waals surface area contributed by atoms with Crippen LogP contribution in [0.25, 0.3) is 0 Å². The van der Waals surface area contributed by atoms with Gasteiger partial charge in [-0.05, 0) is 19.1 Å². The van der Waals surface area contributed by atoms with E-state index in [4.69, 9.17) is 5.26 Å². The second-order valence-corrected chi connectivity index (χ2v) is 3.26. The van der Waals surface area contributed by atoms with E-state index in [1.165, 1.54) is 6.92 Å². The lowest BCUT2D eigenvalue weighted by Crippen LogP contribution is -2.19. The van der Waals surface area contributed by atoms with E-state index in [1.807, 2.05) is 0 Å². The van der Waals surface area contributed by atoms with Gasteiger partial charge in [0.2, 0.25) is 0 Å². The minimum Gasteiger partial charge on any atom is -0.465 e. The zero-order valence-electron chi connectivity index (χ0n) is 9.46. The Morgan fingerprint density at radius 1 is 1.39 bits per heavy atom. The lowest BCUT2D eigenvalue weighted by atomic mass is 10.0. The van der Waals surface area contributed by atoms with Crippen molar-refractivity contribution in [3.63, 3.8) is 0 Å². The van der Waals surface area contributed by atoms with Crippen LogP contribution in [0.4, 0.5) is 13.2 Å². The Kier molecular flexibility index (Phi) is 3.81. The van der Waals surface area contributed by atoms with Crippen molar-refractivity contribution >= 4 is 5.97 Å². The summed E-state index contributed by atoms with van der Waals surface area (Å²) in [6.45, 7) is 1.24. The molecule has 4 nitrogen and oxygen atoms in total. The number of ether oxygens (including phenoxy) is 2. The van der Waals surface area contributed by atoms with Crippen LogP contribution in [-0.2, 0) is 4.74 Å². The van der Waals surface area contributed by atoms with Gasteiger partial charge in [0, 0.05) is 5.56 Å². The highest BCUT2D eigenvalue weighted by molar-refractivity contribution is 5.94. The fraction of sp³-hybridized carbons (Fsp3) is 0.273. The third-order valence-electron chi connectivity index (χ3n) is 2.15. The number of methoxy groups -OCH3 is 1. The molecule has 7 heteroatoms. The third kappa shape index (κ3) is 2.91. The van der Waals surface area contributed by atoms with Gasteiger partial charge in [-0.2, -0.15) is 5.26 Å². The molecule has 1 rings (SSSR count). The van der Waals surface area contributed by atoms with Crippen LogP contribution in [0.2, 0.25) is 0 Å². The zero-order chi connectivity index (χ0) is 13.9. The monoisotopic (exact) mass is 259 g/mol. The summed E-state index contributed by atoms with van der Waals surface area (Å²) in [5, 5.41) is 8.79. The van der Waals surface area contributed by atoms with Gasteiger partial charge in [-0.1, -0.05) is 0 Å². The zero-order valence-corrected chi connectivity index (χ0v) is 9.46. The first-order valence-corrected chi connectivity index (χ1v) is 4.68. The molecule has 0 N–H and O–H groups in total. The Bertz CT molecular complexity index is 517. The van der Waals surface area contributed by atoms with E-state index >= 15 is 0 Å². The van der Waals surface area contributed by atoms with Gasteiger partial charge in [-0.15, -0.1) is 13.2 Å². The average molecular weight is 259 g/mol. The molecule has 1 aromatic rings. The number of nitrogens with zero attached hydrogens (tertiary/aromatic N) is 1. The van der Waals surface area contributed by atoms with E-state index in [0.29, 0.717) is 0 Å². The predicted octanol–water partition coefficient (Wildman–Crippen LogP) is 2.55. The molecule has 0 saturated carbocycles. The van der Waals surface area contributed by atoms with Crippen LogP contribution in [0.5, 0.6) is 5.75 Å². The van der Waals surface area contributed by atoms with Crippen LogP contribution in [0.1, 0.15) is 21.5 Å². The Hall–Kier alpha value is -2.23. The van der Waals surface area contributed by atoms with Gasteiger partial charge < -0.3 is 9.47 Å². The average Bonchev–Trinajstić information content (AvgIpc) is 2.29. The second-order valence-electron chi connectivity index (χ2n) is 3.26. The van der Waals surface area contributed by atoms with Crippen molar-refractivity contribution in [3.05, 3.63) is 28.8 Å². The van der Waals surface area contributed by atoms with Crippen molar-refractivity contribution in [1.82, 2.24) is 0 Å². The van der Waals surface area contributed by atoms with Gasteiger partial charge in [0.15, 0.2) is 0 Å². The highest BCUT2D eigenvalue weighted by atomic mass is 19.4. The van der Waals surface area contributed by atoms with Gasteiger partial charge in [-0.3, -0.25) is 0 Å². The highest BCUT2D eigenvalue weighted by Crippen LogP contribution is 2.30. The Labute approximate surface area is 101 Å². The molecule has 0 radical (unpaired) electrons. The van der Waals surface area contributed by atoms with Gasteiger partial charge >= 0.3 is 12.3 Å². The van der Waals surface area contributed by atoms with Crippen molar-refractivity contribution in [2.24, 2.45) is 0 Å². The van der Waals surface area contributed by atoms with Crippen LogP contribution in [0.3, 0.4) is 0 Å². The van der Waals surface area contributed by atoms with Crippen LogP contribution in [-0.4, -0.2) is 19.4 Å². The molecule has 0 aromatic heterocycles. The van der Waals surface area contributed by atoms with E-state index in [9.17, 15) is 18.0 Å². The van der Waals surface area contributed by atoms with Crippen molar-refractivity contribution < 1.29 is 27.4 Å². The summed E-state index contributed by atoms with van der Waals surface area (Å²) in [5.41, 5.74) is -0.408. The summed E-state index contributed by atoms with van der Waals surface area (Å²) in [5.74, 6) is -1.43. The lowest BCUT2D eigenvalue weighted by Gasteiger charge is -2.14. The first kappa shape index (κ1) is 13.8. The summed E-state index contributed by atoms with van der Waals surface area (Å²) in [4.78, 5) is 11.4. The summed E-state index contributed by atoms with van der Waals surface area (Å²) >= 11 is 0. The molecule has 0 aliphatic rings. The molecule has 1 aromatic carbocycles. The summed E-state index contributed by atoms with van der Waals surface area (Å²) < 4.78 is 44.5. The first-order valence-electron chi connectivity index (χ1n) is 4.68. The van der Waals surface area contributed by atoms with Crippen LogP contribution in [0.15, 0.2) is 12.1 Å². The molecule has 0 bridgehead atoms. The van der Waals surface area contributed by atoms with Crippen LogP contribution in [0, 0.1) is 18.3 Å². The van der Waals surface area contributed by atoms with Crippen LogP contribution >= 0.6 is 0 Å². The number of benzene rings is 1. The molecule has 0 saturated heterocycles. The fourth-order valence-electron chi connectivity index (χ4n) is 1.39. The number of carbonyl (C=O) groups excluding carboxylic acids is 1. The molecule has 96 valence electrons. The van der Waals surface area contributed by atoms with Crippen molar-refractivity contribution in [3.8, 4) is 11.8 Å². The quantitative estimate of drug-likeness (QED) is 0.766. The van der Waals surface area contributed by atoms with Gasteiger partial charge in [0.05, 0.1) is 18.2 Å². The molecule has 0 spiro atoms. The Morgan fingerprint density at radius 3 is 2.44 bits per heavy atom. The minimum absolute atomic E-state index is 0.0751. The highest BCUT2D eigenvalue weighted by Gasteiger charge is 2.33. The molecule has 0 aliphatic carbocycles. The number of esters is 1. The summed E-state index contributed by atoms with van der Waals surface area (Å²) in [6.07, 6.45) is -4.87. The largest absolute Gasteiger partial charge is 0.573 e. The maximum atomic E-state index is 12.1. The number of nitriles is 1. The van der Waals surface area contributed by atoms with E-state index in [-0.39, 0.29) is 16.7 Å². The number of alkyl halides is 3. The van der Waals surface area contributed by atoms with E-state index in [2.05, 4.69) is 9.47 Å². The normalized spacial score (nSPS) is 10.7. The number of rotatable bonds is 2. The van der Waals surface area contributed by atoms with E-state index in [0.717, 1.165) is 19.2 Å². The Morgan fingerprint density at radius 2 is 2.00 bits per heavy atom. The molecule has 0 fully saturated rings. The molecule has 0 atom stereocenters. The minimum atomic E-state index is -4.87. The maximum absolute atomic E-state index is 12.1. The smallest absolute Gasteiger partial charge is 0.465 e. The Balaban J connectivity index is 3.35. The predicted molar refractivity (Wildman–Crippen MR) is 53.9 cm³/mol. The number of carbonyl (C=O) groups is 1. The molecule has 0 unspecified atom stereocenters. The molecular formula is C11H8F3NO3. The fourth-order valence-corrected chi connectivity index (χ4v) is 1.39. The van der Waals surface area contributed by atoms with Gasteiger partial charge in [0.1, 0.15) is 11.8 Å². The number of halogens is 3. The van der Waals surface area contributed by atoms with E-state index < -0.39 is 18.1 Å². The van der Waals surface area contributed by atoms with Crippen molar-refractivity contribution in [1.29, 1.82) is 5.26 Å². The number of hydrogen-bond acceptors (Lipinski definition) is 4. The summed E-state index contributed by atoms with van der Waals surface area (Å²) in [6, 6.07) is 3.75. The second kappa shape index (κ2) is 4.96. The molecule has 0 heterocycles. The van der Waals surface area contributed by atoms with Crippen molar-refractivity contribution in [2.75, 3.05) is 7.11 Å². The van der Waals surface area contributed by atoms with Gasteiger partial charge in [-0.25, -0.2) is 4.79 Å². The maximum Gasteiger partial charge on any atom is 0.573 e. The SMILES string of the molecule is COC(=O)c1c(C#N)ccc(OC(F)(F)F)c1C. The molecular weight excluding hydrogens is 251 g/mol. The van der Waals surface area contributed by atoms with Gasteiger partial charge in [0.25, 0.3) is 0 Å². The van der Waals surface area contributed by atoms with E-state index in [1.54, 1.807) is 6.07 Å². The number of hydrogen-bond donors (Lipinski definition) is 0. The standard InChI is InChI=1S/C11H8F3NO3/c1-6-8(18-11(12,13)14)4-3-7(5-15)9(6)10(16)17-2/h3-4H,1-2H3.